The van der Waals surface area contributed by atoms with Crippen LogP contribution in [0.4, 0.5) is 16.2 Å². The molecule has 2 heterocycles. The number of piperazine rings is 1. The Morgan fingerprint density at radius 1 is 1.03 bits per heavy atom. The van der Waals surface area contributed by atoms with Crippen LogP contribution >= 0.6 is 0 Å². The molecule has 0 N–H and O–H groups in total. The molecular formula is C24H36N4O5. The third kappa shape index (κ3) is 5.51. The fourth-order valence-corrected chi connectivity index (χ4v) is 4.94. The fraction of sp³-hybridized carbons (Fsp3) is 0.708. The van der Waals surface area contributed by atoms with Gasteiger partial charge in [0.05, 0.1) is 12.0 Å². The second-order valence-electron chi connectivity index (χ2n) is 10.3. The van der Waals surface area contributed by atoms with Crippen LogP contribution in [0.25, 0.3) is 0 Å². The van der Waals surface area contributed by atoms with Gasteiger partial charge in [0, 0.05) is 63.1 Å². The van der Waals surface area contributed by atoms with Gasteiger partial charge in [0.15, 0.2) is 5.75 Å². The molecule has 1 aliphatic carbocycles. The van der Waals surface area contributed by atoms with E-state index in [0.29, 0.717) is 30.8 Å². The third-order valence-corrected chi connectivity index (χ3v) is 6.83. The highest BCUT2D eigenvalue weighted by molar-refractivity contribution is 5.68. The van der Waals surface area contributed by atoms with Crippen molar-refractivity contribution in [1.82, 2.24) is 9.80 Å². The fourth-order valence-electron chi connectivity index (χ4n) is 4.94. The smallest absolute Gasteiger partial charge is 0.410 e. The number of methoxy groups -OCH3 is 1. The van der Waals surface area contributed by atoms with Crippen molar-refractivity contribution in [3.63, 3.8) is 0 Å². The van der Waals surface area contributed by atoms with Crippen LogP contribution in [-0.2, 0) is 4.74 Å². The standard InChI is InChI=1S/C24H36N4O5/c1-24(2,3)33-23(29)27-13-11-25(12-14-27)18-7-9-26(10-8-18)20-16-22(32-4)21(28(30)31)15-19(20)17-5-6-17/h15-18H,5-14H2,1-4H3. The molecule has 1 aromatic carbocycles. The van der Waals surface area contributed by atoms with Gasteiger partial charge in [-0.05, 0) is 57.9 Å². The van der Waals surface area contributed by atoms with Crippen LogP contribution in [-0.4, -0.2) is 78.8 Å². The van der Waals surface area contributed by atoms with Gasteiger partial charge in [0.25, 0.3) is 0 Å². The number of hydrogen-bond donors (Lipinski definition) is 0. The number of carbonyl (C=O) groups excluding carboxylic acids is 1. The minimum Gasteiger partial charge on any atom is -0.490 e. The summed E-state index contributed by atoms with van der Waals surface area (Å²) in [4.78, 5) is 30.1. The number of piperidine rings is 1. The lowest BCUT2D eigenvalue weighted by molar-refractivity contribution is -0.385. The molecular weight excluding hydrogens is 424 g/mol. The van der Waals surface area contributed by atoms with Gasteiger partial charge in [-0.3, -0.25) is 15.0 Å². The molecule has 4 rings (SSSR count). The Hall–Kier alpha value is -2.55. The van der Waals surface area contributed by atoms with E-state index in [-0.39, 0.29) is 16.7 Å². The number of benzene rings is 1. The lowest BCUT2D eigenvalue weighted by Gasteiger charge is -2.43. The van der Waals surface area contributed by atoms with Crippen molar-refractivity contribution < 1.29 is 19.2 Å². The summed E-state index contributed by atoms with van der Waals surface area (Å²) < 4.78 is 10.9. The second kappa shape index (κ2) is 9.37. The summed E-state index contributed by atoms with van der Waals surface area (Å²) in [6.45, 7) is 10.6. The first-order valence-corrected chi connectivity index (χ1v) is 12.0. The topological polar surface area (TPSA) is 88.4 Å². The molecule has 0 radical (unpaired) electrons. The molecule has 1 saturated carbocycles. The van der Waals surface area contributed by atoms with Gasteiger partial charge in [-0.15, -0.1) is 0 Å². The Bertz CT molecular complexity index is 880. The highest BCUT2D eigenvalue weighted by Crippen LogP contribution is 2.48. The quantitative estimate of drug-likeness (QED) is 0.485. The second-order valence-corrected chi connectivity index (χ2v) is 10.3. The number of anilines is 1. The van der Waals surface area contributed by atoms with Crippen LogP contribution in [0, 0.1) is 10.1 Å². The van der Waals surface area contributed by atoms with E-state index < -0.39 is 5.60 Å². The molecule has 0 aromatic heterocycles. The normalized spacial score (nSPS) is 20.6. The predicted molar refractivity (Wildman–Crippen MR) is 126 cm³/mol. The number of amides is 1. The summed E-state index contributed by atoms with van der Waals surface area (Å²) in [6, 6.07) is 4.09. The average Bonchev–Trinajstić information content (AvgIpc) is 3.62. The van der Waals surface area contributed by atoms with E-state index in [1.165, 1.54) is 7.11 Å². The van der Waals surface area contributed by atoms with Gasteiger partial charge < -0.3 is 19.3 Å². The zero-order valence-corrected chi connectivity index (χ0v) is 20.2. The van der Waals surface area contributed by atoms with Crippen molar-refractivity contribution in [3.8, 4) is 5.75 Å². The SMILES string of the molecule is COc1cc(N2CCC(N3CCN(C(=O)OC(C)(C)C)CC3)CC2)c(C2CC2)cc1[N+](=O)[O-]. The molecule has 9 nitrogen and oxygen atoms in total. The molecule has 2 aliphatic heterocycles. The lowest BCUT2D eigenvalue weighted by atomic mass is 9.99. The van der Waals surface area contributed by atoms with E-state index in [1.807, 2.05) is 31.7 Å². The predicted octanol–water partition coefficient (Wildman–Crippen LogP) is 4.00. The maximum atomic E-state index is 12.3. The third-order valence-electron chi connectivity index (χ3n) is 6.83. The molecule has 2 saturated heterocycles. The Morgan fingerprint density at radius 2 is 1.67 bits per heavy atom. The molecule has 9 heteroatoms. The van der Waals surface area contributed by atoms with Gasteiger partial charge in [-0.2, -0.15) is 0 Å². The number of nitro groups is 1. The first-order valence-electron chi connectivity index (χ1n) is 12.0. The van der Waals surface area contributed by atoms with Gasteiger partial charge in [0.1, 0.15) is 5.60 Å². The van der Waals surface area contributed by atoms with Crippen LogP contribution < -0.4 is 9.64 Å². The van der Waals surface area contributed by atoms with E-state index >= 15 is 0 Å². The van der Waals surface area contributed by atoms with Crippen LogP contribution in [0.1, 0.15) is 57.9 Å². The van der Waals surface area contributed by atoms with Crippen molar-refractivity contribution in [2.24, 2.45) is 0 Å². The van der Waals surface area contributed by atoms with Crippen molar-refractivity contribution >= 4 is 17.5 Å². The summed E-state index contributed by atoms with van der Waals surface area (Å²) >= 11 is 0. The number of nitro benzene ring substituents is 1. The Morgan fingerprint density at radius 3 is 2.18 bits per heavy atom. The number of hydrogen-bond acceptors (Lipinski definition) is 7. The first kappa shape index (κ1) is 23.6. The molecule has 0 atom stereocenters. The molecule has 182 valence electrons. The number of ether oxygens (including phenoxy) is 2. The number of rotatable bonds is 5. The minimum absolute atomic E-state index is 0.0564. The van der Waals surface area contributed by atoms with E-state index in [0.717, 1.165) is 63.1 Å². The van der Waals surface area contributed by atoms with Crippen molar-refractivity contribution in [2.45, 2.75) is 64.0 Å². The van der Waals surface area contributed by atoms with E-state index in [2.05, 4.69) is 9.80 Å². The maximum Gasteiger partial charge on any atom is 0.410 e. The number of nitrogens with zero attached hydrogens (tertiary/aromatic N) is 4. The lowest BCUT2D eigenvalue weighted by Crippen LogP contribution is -2.55. The zero-order valence-electron chi connectivity index (χ0n) is 20.2. The van der Waals surface area contributed by atoms with Crippen LogP contribution in [0.5, 0.6) is 5.75 Å². The van der Waals surface area contributed by atoms with E-state index in [1.54, 1.807) is 6.07 Å². The van der Waals surface area contributed by atoms with Gasteiger partial charge in [-0.1, -0.05) is 0 Å². The summed E-state index contributed by atoms with van der Waals surface area (Å²) in [5, 5.41) is 11.5. The van der Waals surface area contributed by atoms with Crippen LogP contribution in [0.3, 0.4) is 0 Å². The number of carbonyl (C=O) groups is 1. The molecule has 0 spiro atoms. The average molecular weight is 461 g/mol. The summed E-state index contributed by atoms with van der Waals surface area (Å²) in [7, 11) is 1.49. The van der Waals surface area contributed by atoms with Gasteiger partial charge >= 0.3 is 11.8 Å². The molecule has 3 fully saturated rings. The van der Waals surface area contributed by atoms with Gasteiger partial charge in [-0.25, -0.2) is 4.79 Å². The minimum atomic E-state index is -0.471. The van der Waals surface area contributed by atoms with Gasteiger partial charge in [0.2, 0.25) is 0 Å². The highest BCUT2D eigenvalue weighted by atomic mass is 16.6. The molecule has 1 aromatic rings. The summed E-state index contributed by atoms with van der Waals surface area (Å²) in [5.41, 5.74) is 1.77. The molecule has 33 heavy (non-hydrogen) atoms. The molecule has 0 unspecified atom stereocenters. The monoisotopic (exact) mass is 460 g/mol. The van der Waals surface area contributed by atoms with E-state index in [4.69, 9.17) is 9.47 Å². The largest absolute Gasteiger partial charge is 0.490 e. The van der Waals surface area contributed by atoms with Crippen molar-refractivity contribution in [3.05, 3.63) is 27.8 Å². The molecule has 3 aliphatic rings. The summed E-state index contributed by atoms with van der Waals surface area (Å²) in [6.07, 6.45) is 4.03. The first-order chi connectivity index (χ1) is 15.7. The van der Waals surface area contributed by atoms with Crippen molar-refractivity contribution in [1.29, 1.82) is 0 Å². The van der Waals surface area contributed by atoms with Crippen molar-refractivity contribution in [2.75, 3.05) is 51.3 Å². The zero-order chi connectivity index (χ0) is 23.8. The molecule has 0 bridgehead atoms. The van der Waals surface area contributed by atoms with Crippen LogP contribution in [0.2, 0.25) is 0 Å². The Labute approximate surface area is 195 Å². The van der Waals surface area contributed by atoms with E-state index in [9.17, 15) is 14.9 Å². The van der Waals surface area contributed by atoms with Crippen LogP contribution in [0.15, 0.2) is 12.1 Å². The highest BCUT2D eigenvalue weighted by Gasteiger charge is 2.34. The Kier molecular flexibility index (Phi) is 6.70. The summed E-state index contributed by atoms with van der Waals surface area (Å²) in [5.74, 6) is 0.753. The Balaban J connectivity index is 1.36. The maximum absolute atomic E-state index is 12.3. The molecule has 1 amide bonds.